The van der Waals surface area contributed by atoms with E-state index in [0.717, 1.165) is 35.4 Å². The molecule has 3 rings (SSSR count). The number of hydrogen-bond donors (Lipinski definition) is 1. The molecular formula is C16H22BrN3. The molecule has 1 aromatic heterocycles. The zero-order valence-corrected chi connectivity index (χ0v) is 13.8. The molecule has 0 atom stereocenters. The van der Waals surface area contributed by atoms with Crippen LogP contribution in [0, 0.1) is 5.92 Å². The highest BCUT2D eigenvalue weighted by molar-refractivity contribution is 9.10. The van der Waals surface area contributed by atoms with Crippen LogP contribution in [0.3, 0.4) is 0 Å². The number of piperidine rings is 1. The highest BCUT2D eigenvalue weighted by atomic mass is 79.9. The van der Waals surface area contributed by atoms with Gasteiger partial charge in [0.05, 0.1) is 11.0 Å². The fourth-order valence-corrected chi connectivity index (χ4v) is 3.54. The highest BCUT2D eigenvalue weighted by Gasteiger charge is 2.19. The van der Waals surface area contributed by atoms with E-state index in [1.54, 1.807) is 0 Å². The molecule has 2 heterocycles. The van der Waals surface area contributed by atoms with Crippen molar-refractivity contribution < 1.29 is 0 Å². The van der Waals surface area contributed by atoms with Gasteiger partial charge in [0.1, 0.15) is 5.82 Å². The fraction of sp³-hybridized carbons (Fsp3) is 0.562. The summed E-state index contributed by atoms with van der Waals surface area (Å²) in [5.74, 6) is 2.02. The van der Waals surface area contributed by atoms with Gasteiger partial charge in [-0.1, -0.05) is 15.9 Å². The zero-order valence-electron chi connectivity index (χ0n) is 12.2. The van der Waals surface area contributed by atoms with E-state index < -0.39 is 0 Å². The minimum atomic E-state index is 0.456. The Kier molecular flexibility index (Phi) is 4.13. The highest BCUT2D eigenvalue weighted by Crippen LogP contribution is 2.27. The summed E-state index contributed by atoms with van der Waals surface area (Å²) in [7, 11) is 0. The number of imidazole rings is 1. The summed E-state index contributed by atoms with van der Waals surface area (Å²) in [6.45, 7) is 6.79. The first-order chi connectivity index (χ1) is 9.65. The van der Waals surface area contributed by atoms with Crippen LogP contribution in [0.1, 0.15) is 38.6 Å². The number of halogens is 1. The quantitative estimate of drug-likeness (QED) is 0.921. The molecule has 1 aliphatic heterocycles. The zero-order chi connectivity index (χ0) is 14.1. The SMILES string of the molecule is CC(C)n1c(CC2CCNCC2)nc2cc(Br)ccc21. The Morgan fingerprint density at radius 2 is 2.10 bits per heavy atom. The lowest BCUT2D eigenvalue weighted by Gasteiger charge is -2.23. The standard InChI is InChI=1S/C16H22BrN3/c1-11(2)20-15-4-3-13(17)10-14(15)19-16(20)9-12-5-7-18-8-6-12/h3-4,10-12,18H,5-9H2,1-2H3. The van der Waals surface area contributed by atoms with Crippen molar-refractivity contribution in [3.8, 4) is 0 Å². The third-order valence-electron chi connectivity index (χ3n) is 4.17. The van der Waals surface area contributed by atoms with Crippen LogP contribution in [0.2, 0.25) is 0 Å². The van der Waals surface area contributed by atoms with Crippen LogP contribution in [0.25, 0.3) is 11.0 Å². The summed E-state index contributed by atoms with van der Waals surface area (Å²) in [4.78, 5) is 4.90. The Balaban J connectivity index is 1.97. The number of rotatable bonds is 3. The van der Waals surface area contributed by atoms with Gasteiger partial charge in [0, 0.05) is 16.9 Å². The molecule has 1 N–H and O–H groups in total. The summed E-state index contributed by atoms with van der Waals surface area (Å²) in [5, 5.41) is 3.44. The number of fused-ring (bicyclic) bond motifs is 1. The fourth-order valence-electron chi connectivity index (χ4n) is 3.19. The molecule has 1 saturated heterocycles. The van der Waals surface area contributed by atoms with Gasteiger partial charge in [-0.3, -0.25) is 0 Å². The van der Waals surface area contributed by atoms with Crippen LogP contribution in [-0.4, -0.2) is 22.6 Å². The van der Waals surface area contributed by atoms with Crippen LogP contribution in [0.15, 0.2) is 22.7 Å². The van der Waals surface area contributed by atoms with E-state index >= 15 is 0 Å². The Morgan fingerprint density at radius 1 is 1.35 bits per heavy atom. The number of benzene rings is 1. The maximum Gasteiger partial charge on any atom is 0.110 e. The minimum Gasteiger partial charge on any atom is -0.325 e. The van der Waals surface area contributed by atoms with Gasteiger partial charge < -0.3 is 9.88 Å². The predicted octanol–water partition coefficient (Wildman–Crippen LogP) is 3.92. The molecule has 20 heavy (non-hydrogen) atoms. The smallest absolute Gasteiger partial charge is 0.110 e. The van der Waals surface area contributed by atoms with Crippen LogP contribution in [-0.2, 0) is 6.42 Å². The van der Waals surface area contributed by atoms with Gasteiger partial charge in [0.15, 0.2) is 0 Å². The van der Waals surface area contributed by atoms with Crippen LogP contribution in [0.5, 0.6) is 0 Å². The van der Waals surface area contributed by atoms with Gasteiger partial charge >= 0.3 is 0 Å². The Bertz CT molecular complexity index is 597. The third kappa shape index (κ3) is 2.77. The number of nitrogens with one attached hydrogen (secondary N) is 1. The minimum absolute atomic E-state index is 0.456. The molecule has 0 amide bonds. The second-order valence-corrected chi connectivity index (χ2v) is 6.94. The first kappa shape index (κ1) is 14.1. The largest absolute Gasteiger partial charge is 0.325 e. The maximum absolute atomic E-state index is 4.90. The van der Waals surface area contributed by atoms with Gasteiger partial charge in [-0.15, -0.1) is 0 Å². The summed E-state index contributed by atoms with van der Waals surface area (Å²) < 4.78 is 3.51. The van der Waals surface area contributed by atoms with E-state index in [0.29, 0.717) is 6.04 Å². The molecule has 0 unspecified atom stereocenters. The molecule has 0 saturated carbocycles. The second-order valence-electron chi connectivity index (χ2n) is 6.02. The number of aromatic nitrogens is 2. The molecular weight excluding hydrogens is 314 g/mol. The predicted molar refractivity (Wildman–Crippen MR) is 87.1 cm³/mol. The van der Waals surface area contributed by atoms with Crippen LogP contribution < -0.4 is 5.32 Å². The first-order valence-corrected chi connectivity index (χ1v) is 8.31. The van der Waals surface area contributed by atoms with Gasteiger partial charge in [0.2, 0.25) is 0 Å². The van der Waals surface area contributed by atoms with Gasteiger partial charge in [-0.25, -0.2) is 4.98 Å². The van der Waals surface area contributed by atoms with Crippen molar-refractivity contribution in [3.05, 3.63) is 28.5 Å². The Labute approximate surface area is 128 Å². The van der Waals surface area contributed by atoms with Crippen molar-refractivity contribution in [1.29, 1.82) is 0 Å². The van der Waals surface area contributed by atoms with E-state index in [2.05, 4.69) is 57.9 Å². The van der Waals surface area contributed by atoms with Crippen LogP contribution >= 0.6 is 15.9 Å². The van der Waals surface area contributed by atoms with Gasteiger partial charge in [0.25, 0.3) is 0 Å². The maximum atomic E-state index is 4.90. The average Bonchev–Trinajstić information content (AvgIpc) is 2.76. The van der Waals surface area contributed by atoms with E-state index in [1.165, 1.54) is 24.2 Å². The van der Waals surface area contributed by atoms with Crippen molar-refractivity contribution in [2.24, 2.45) is 5.92 Å². The molecule has 1 aromatic carbocycles. The van der Waals surface area contributed by atoms with E-state index in [1.807, 2.05) is 0 Å². The van der Waals surface area contributed by atoms with Crippen molar-refractivity contribution in [2.45, 2.75) is 39.2 Å². The van der Waals surface area contributed by atoms with Crippen molar-refractivity contribution >= 4 is 27.0 Å². The van der Waals surface area contributed by atoms with Gasteiger partial charge in [-0.2, -0.15) is 0 Å². The van der Waals surface area contributed by atoms with Gasteiger partial charge in [-0.05, 0) is 63.9 Å². The topological polar surface area (TPSA) is 29.9 Å². The molecule has 1 fully saturated rings. The first-order valence-electron chi connectivity index (χ1n) is 7.52. The van der Waals surface area contributed by atoms with E-state index in [4.69, 9.17) is 4.98 Å². The molecule has 2 aromatic rings. The summed E-state index contributed by atoms with van der Waals surface area (Å²) in [5.41, 5.74) is 2.36. The van der Waals surface area contributed by atoms with E-state index in [-0.39, 0.29) is 0 Å². The van der Waals surface area contributed by atoms with E-state index in [9.17, 15) is 0 Å². The summed E-state index contributed by atoms with van der Waals surface area (Å²) in [6.07, 6.45) is 3.64. The lowest BCUT2D eigenvalue weighted by atomic mass is 9.94. The monoisotopic (exact) mass is 335 g/mol. The third-order valence-corrected chi connectivity index (χ3v) is 4.66. The molecule has 3 nitrogen and oxygen atoms in total. The Morgan fingerprint density at radius 3 is 2.80 bits per heavy atom. The molecule has 108 valence electrons. The molecule has 0 radical (unpaired) electrons. The Hall–Kier alpha value is -0.870. The lowest BCUT2D eigenvalue weighted by molar-refractivity contribution is 0.361. The van der Waals surface area contributed by atoms with Crippen molar-refractivity contribution in [3.63, 3.8) is 0 Å². The van der Waals surface area contributed by atoms with Crippen molar-refractivity contribution in [1.82, 2.24) is 14.9 Å². The van der Waals surface area contributed by atoms with Crippen molar-refractivity contribution in [2.75, 3.05) is 13.1 Å². The van der Waals surface area contributed by atoms with Crippen LogP contribution in [0.4, 0.5) is 0 Å². The lowest BCUT2D eigenvalue weighted by Crippen LogP contribution is -2.29. The average molecular weight is 336 g/mol. The molecule has 0 spiro atoms. The molecule has 0 aliphatic carbocycles. The number of hydrogen-bond acceptors (Lipinski definition) is 2. The second kappa shape index (κ2) is 5.86. The normalized spacial score (nSPS) is 17.2. The number of nitrogens with zero attached hydrogens (tertiary/aromatic N) is 2. The molecule has 1 aliphatic rings. The molecule has 0 bridgehead atoms. The molecule has 4 heteroatoms. The summed E-state index contributed by atoms with van der Waals surface area (Å²) in [6, 6.07) is 6.87. The summed E-state index contributed by atoms with van der Waals surface area (Å²) >= 11 is 3.54.